The van der Waals surface area contributed by atoms with E-state index in [2.05, 4.69) is 5.32 Å². The second-order valence-corrected chi connectivity index (χ2v) is 5.16. The van der Waals surface area contributed by atoms with Gasteiger partial charge >= 0.3 is 6.18 Å². The van der Waals surface area contributed by atoms with Gasteiger partial charge in [-0.1, -0.05) is 38.0 Å². The number of hydrogen-bond acceptors (Lipinski definition) is 1. The van der Waals surface area contributed by atoms with E-state index in [1.807, 2.05) is 6.92 Å². The summed E-state index contributed by atoms with van der Waals surface area (Å²) in [7, 11) is 0. The zero-order valence-corrected chi connectivity index (χ0v) is 11.1. The van der Waals surface area contributed by atoms with E-state index in [9.17, 15) is 13.2 Å². The maximum Gasteiger partial charge on any atom is 0.416 e. The molecule has 0 aliphatic heterocycles. The highest BCUT2D eigenvalue weighted by Gasteiger charge is 2.37. The van der Waals surface area contributed by atoms with E-state index in [1.165, 1.54) is 12.1 Å². The molecule has 1 aliphatic carbocycles. The monoisotopic (exact) mass is 271 g/mol. The van der Waals surface area contributed by atoms with Crippen LogP contribution in [0.15, 0.2) is 24.3 Å². The molecule has 1 aliphatic rings. The lowest BCUT2D eigenvalue weighted by Gasteiger charge is -2.27. The van der Waals surface area contributed by atoms with Gasteiger partial charge in [0.25, 0.3) is 0 Å². The summed E-state index contributed by atoms with van der Waals surface area (Å²) >= 11 is 0. The average molecular weight is 271 g/mol. The Labute approximate surface area is 112 Å². The lowest BCUT2D eigenvalue weighted by Crippen LogP contribution is -2.29. The van der Waals surface area contributed by atoms with Crippen LogP contribution in [0.1, 0.15) is 49.8 Å². The summed E-state index contributed by atoms with van der Waals surface area (Å²) in [5.41, 5.74) is -0.0865. The van der Waals surface area contributed by atoms with E-state index < -0.39 is 11.7 Å². The molecule has 0 amide bonds. The number of benzene rings is 1. The van der Waals surface area contributed by atoms with Crippen LogP contribution < -0.4 is 5.32 Å². The van der Waals surface area contributed by atoms with Crippen LogP contribution in [0.25, 0.3) is 0 Å². The Balaban J connectivity index is 2.35. The Morgan fingerprint density at radius 2 is 1.84 bits per heavy atom. The van der Waals surface area contributed by atoms with Crippen molar-refractivity contribution in [1.29, 1.82) is 0 Å². The fraction of sp³-hybridized carbons (Fsp3) is 0.600. The quantitative estimate of drug-likeness (QED) is 0.847. The van der Waals surface area contributed by atoms with Crippen molar-refractivity contribution in [2.24, 2.45) is 5.92 Å². The van der Waals surface area contributed by atoms with Gasteiger partial charge in [-0.3, -0.25) is 0 Å². The molecule has 0 saturated heterocycles. The summed E-state index contributed by atoms with van der Waals surface area (Å²) in [6.45, 7) is 2.63. The standard InChI is InChI=1S/C15H20F3N/c1-2-19-14(11-7-3-4-8-11)12-9-5-6-10-13(12)15(16,17)18/h5-6,9-11,14,19H,2-4,7-8H2,1H3. The first-order chi connectivity index (χ1) is 9.04. The minimum Gasteiger partial charge on any atom is -0.310 e. The molecule has 1 fully saturated rings. The lowest BCUT2D eigenvalue weighted by molar-refractivity contribution is -0.138. The Bertz CT molecular complexity index is 408. The SMILES string of the molecule is CCNC(c1ccccc1C(F)(F)F)C1CCCC1. The molecule has 106 valence electrons. The number of nitrogens with one attached hydrogen (secondary N) is 1. The Morgan fingerprint density at radius 3 is 2.42 bits per heavy atom. The highest BCUT2D eigenvalue weighted by Crippen LogP contribution is 2.41. The fourth-order valence-electron chi connectivity index (χ4n) is 3.07. The van der Waals surface area contributed by atoms with Gasteiger partial charge < -0.3 is 5.32 Å². The number of alkyl halides is 3. The Morgan fingerprint density at radius 1 is 1.21 bits per heavy atom. The van der Waals surface area contributed by atoms with Crippen LogP contribution in [0, 0.1) is 5.92 Å². The van der Waals surface area contributed by atoms with Crippen molar-refractivity contribution in [3.8, 4) is 0 Å². The minimum atomic E-state index is -4.27. The highest BCUT2D eigenvalue weighted by molar-refractivity contribution is 5.33. The van der Waals surface area contributed by atoms with Crippen LogP contribution in [-0.2, 0) is 6.18 Å². The molecule has 0 spiro atoms. The molecule has 4 heteroatoms. The summed E-state index contributed by atoms with van der Waals surface area (Å²) in [6.07, 6.45) is 0.0120. The van der Waals surface area contributed by atoms with Gasteiger partial charge in [-0.2, -0.15) is 13.2 Å². The predicted molar refractivity (Wildman–Crippen MR) is 69.8 cm³/mol. The zero-order chi connectivity index (χ0) is 13.9. The van der Waals surface area contributed by atoms with Crippen LogP contribution >= 0.6 is 0 Å². The molecular formula is C15H20F3N. The molecule has 1 nitrogen and oxygen atoms in total. The topological polar surface area (TPSA) is 12.0 Å². The van der Waals surface area contributed by atoms with E-state index >= 15 is 0 Å². The number of hydrogen-bond donors (Lipinski definition) is 1. The molecule has 1 aromatic rings. The third kappa shape index (κ3) is 3.30. The van der Waals surface area contributed by atoms with Crippen LogP contribution in [0.5, 0.6) is 0 Å². The molecule has 1 N–H and O–H groups in total. The number of halogens is 3. The van der Waals surface area contributed by atoms with E-state index in [-0.39, 0.29) is 6.04 Å². The van der Waals surface area contributed by atoms with Gasteiger partial charge in [0.1, 0.15) is 0 Å². The van der Waals surface area contributed by atoms with E-state index in [1.54, 1.807) is 12.1 Å². The van der Waals surface area contributed by atoms with Gasteiger partial charge in [-0.05, 0) is 36.9 Å². The van der Waals surface area contributed by atoms with E-state index in [0.717, 1.165) is 25.7 Å². The van der Waals surface area contributed by atoms with Crippen molar-refractivity contribution in [2.75, 3.05) is 6.54 Å². The van der Waals surface area contributed by atoms with Crippen LogP contribution in [-0.4, -0.2) is 6.54 Å². The smallest absolute Gasteiger partial charge is 0.310 e. The van der Waals surface area contributed by atoms with Crippen LogP contribution in [0.2, 0.25) is 0 Å². The van der Waals surface area contributed by atoms with Gasteiger partial charge in [-0.25, -0.2) is 0 Å². The summed E-state index contributed by atoms with van der Waals surface area (Å²) in [5, 5.41) is 3.25. The molecule has 1 saturated carbocycles. The van der Waals surface area contributed by atoms with Gasteiger partial charge in [0.05, 0.1) is 5.56 Å². The molecule has 0 heterocycles. The highest BCUT2D eigenvalue weighted by atomic mass is 19.4. The fourth-order valence-corrected chi connectivity index (χ4v) is 3.07. The van der Waals surface area contributed by atoms with Crippen molar-refractivity contribution in [3.05, 3.63) is 35.4 Å². The first-order valence-electron chi connectivity index (χ1n) is 6.93. The maximum absolute atomic E-state index is 13.1. The van der Waals surface area contributed by atoms with Crippen molar-refractivity contribution in [3.63, 3.8) is 0 Å². The average Bonchev–Trinajstić information content (AvgIpc) is 2.88. The van der Waals surface area contributed by atoms with Gasteiger partial charge in [0.15, 0.2) is 0 Å². The van der Waals surface area contributed by atoms with Crippen LogP contribution in [0.4, 0.5) is 13.2 Å². The molecular weight excluding hydrogens is 251 g/mol. The summed E-state index contributed by atoms with van der Waals surface area (Å²) in [4.78, 5) is 0. The molecule has 1 atom stereocenters. The van der Waals surface area contributed by atoms with Gasteiger partial charge in [0.2, 0.25) is 0 Å². The van der Waals surface area contributed by atoms with Gasteiger partial charge in [0, 0.05) is 6.04 Å². The summed E-state index contributed by atoms with van der Waals surface area (Å²) in [6, 6.07) is 5.79. The molecule has 0 aromatic heterocycles. The summed E-state index contributed by atoms with van der Waals surface area (Å²) < 4.78 is 39.3. The normalized spacial score (nSPS) is 18.7. The van der Waals surface area contributed by atoms with Crippen LogP contribution in [0.3, 0.4) is 0 Å². The minimum absolute atomic E-state index is 0.176. The van der Waals surface area contributed by atoms with E-state index in [0.29, 0.717) is 18.0 Å². The Kier molecular flexibility index (Phi) is 4.50. The zero-order valence-electron chi connectivity index (χ0n) is 11.1. The van der Waals surface area contributed by atoms with Crippen molar-refractivity contribution in [2.45, 2.75) is 44.8 Å². The largest absolute Gasteiger partial charge is 0.416 e. The van der Waals surface area contributed by atoms with E-state index in [4.69, 9.17) is 0 Å². The Hall–Kier alpha value is -1.03. The molecule has 0 radical (unpaired) electrons. The molecule has 1 aromatic carbocycles. The third-order valence-corrected chi connectivity index (χ3v) is 3.90. The third-order valence-electron chi connectivity index (χ3n) is 3.90. The van der Waals surface area contributed by atoms with Crippen molar-refractivity contribution >= 4 is 0 Å². The van der Waals surface area contributed by atoms with Crippen molar-refractivity contribution < 1.29 is 13.2 Å². The molecule has 1 unspecified atom stereocenters. The predicted octanol–water partition coefficient (Wildman–Crippen LogP) is 4.55. The summed E-state index contributed by atoms with van der Waals surface area (Å²) in [5.74, 6) is 0.323. The van der Waals surface area contributed by atoms with Crippen molar-refractivity contribution in [1.82, 2.24) is 5.32 Å². The number of rotatable bonds is 4. The molecule has 19 heavy (non-hydrogen) atoms. The van der Waals surface area contributed by atoms with Gasteiger partial charge in [-0.15, -0.1) is 0 Å². The first-order valence-corrected chi connectivity index (χ1v) is 6.93. The lowest BCUT2D eigenvalue weighted by atomic mass is 9.88. The maximum atomic E-state index is 13.1. The second kappa shape index (κ2) is 5.95. The first kappa shape index (κ1) is 14.4. The molecule has 2 rings (SSSR count). The molecule has 0 bridgehead atoms. The second-order valence-electron chi connectivity index (χ2n) is 5.16.